The first-order chi connectivity index (χ1) is 15.2. The molecular weight excluding hydrogens is 430 g/mol. The molecule has 0 amide bonds. The fourth-order valence-corrected chi connectivity index (χ4v) is 7.12. The van der Waals surface area contributed by atoms with Crippen LogP contribution in [0.3, 0.4) is 0 Å². The summed E-state index contributed by atoms with van der Waals surface area (Å²) in [7, 11) is -1.20. The van der Waals surface area contributed by atoms with Crippen molar-refractivity contribution in [3.63, 3.8) is 0 Å². The van der Waals surface area contributed by atoms with Crippen molar-refractivity contribution in [2.24, 2.45) is 12.5 Å². The zero-order valence-corrected chi connectivity index (χ0v) is 19.1. The van der Waals surface area contributed by atoms with Crippen molar-refractivity contribution in [3.05, 3.63) is 30.1 Å². The third-order valence-corrected chi connectivity index (χ3v) is 8.60. The number of aryl methyl sites for hydroxylation is 1. The summed E-state index contributed by atoms with van der Waals surface area (Å²) in [5, 5.41) is 9.16. The molecule has 0 bridgehead atoms. The van der Waals surface area contributed by atoms with E-state index in [1.807, 2.05) is 30.8 Å². The molecule has 0 aliphatic carbocycles. The topological polar surface area (TPSA) is 109 Å². The van der Waals surface area contributed by atoms with Gasteiger partial charge in [0.2, 0.25) is 0 Å². The summed E-state index contributed by atoms with van der Waals surface area (Å²) in [5.74, 6) is 0.130. The number of ether oxygens (including phenoxy) is 1. The molecule has 3 aromatic rings. The second kappa shape index (κ2) is 7.77. The van der Waals surface area contributed by atoms with E-state index >= 15 is 0 Å². The number of rotatable bonds is 5. The van der Waals surface area contributed by atoms with Crippen LogP contribution in [0.1, 0.15) is 49.0 Å². The minimum atomic E-state index is -3.07. The minimum Gasteiger partial charge on any atom is -0.381 e. The molecule has 32 heavy (non-hydrogen) atoms. The quantitative estimate of drug-likeness (QED) is 0.542. The second-order valence-corrected chi connectivity index (χ2v) is 11.5. The van der Waals surface area contributed by atoms with Crippen LogP contribution >= 0.6 is 0 Å². The van der Waals surface area contributed by atoms with Gasteiger partial charge in [-0.15, -0.1) is 0 Å². The fourth-order valence-electron chi connectivity index (χ4n) is 4.86. The summed E-state index contributed by atoms with van der Waals surface area (Å²) in [4.78, 5) is 17.8. The first kappa shape index (κ1) is 21.3. The third kappa shape index (κ3) is 3.86. The standard InChI is InChI=1S/C22H27N5O4S/c1-22(6-10-32(29,30)14-22)12-19(28)15-11-18-20(23-13-15)21(17-3-7-24-26(17)2)25-27(18)16-4-8-31-9-5-16/h3,7,11,13,16H,4-6,8-10,12,14H2,1-2H3/t22-/m1/s1. The summed E-state index contributed by atoms with van der Waals surface area (Å²) < 4.78 is 33.2. The van der Waals surface area contributed by atoms with Crippen LogP contribution in [0.4, 0.5) is 0 Å². The first-order valence-electron chi connectivity index (χ1n) is 10.9. The smallest absolute Gasteiger partial charge is 0.165 e. The Hall–Kier alpha value is -2.59. The number of carbonyl (C=O) groups is 1. The molecule has 0 saturated carbocycles. The van der Waals surface area contributed by atoms with E-state index in [9.17, 15) is 13.2 Å². The molecular formula is C22H27N5O4S. The molecule has 5 rings (SSSR count). The van der Waals surface area contributed by atoms with E-state index in [0.29, 0.717) is 25.2 Å². The number of carbonyl (C=O) groups excluding carboxylic acids is 1. The van der Waals surface area contributed by atoms with Crippen LogP contribution in [-0.4, -0.2) is 63.5 Å². The van der Waals surface area contributed by atoms with Gasteiger partial charge >= 0.3 is 0 Å². The monoisotopic (exact) mass is 457 g/mol. The molecule has 9 nitrogen and oxygen atoms in total. The Bertz CT molecular complexity index is 1290. The molecule has 10 heteroatoms. The SMILES string of the molecule is Cn1nccc1-c1nn(C2CCOCC2)c2cc(C(=O)C[C@@]3(C)CCS(=O)(=O)C3)cnc12. The van der Waals surface area contributed by atoms with Crippen LogP contribution in [0, 0.1) is 5.41 Å². The Balaban J connectivity index is 1.55. The number of fused-ring (bicyclic) bond motifs is 1. The molecule has 0 spiro atoms. The van der Waals surface area contributed by atoms with Gasteiger partial charge in [-0.2, -0.15) is 10.2 Å². The first-order valence-corrected chi connectivity index (χ1v) is 12.7. The highest BCUT2D eigenvalue weighted by atomic mass is 32.2. The lowest BCUT2D eigenvalue weighted by Crippen LogP contribution is -2.22. The van der Waals surface area contributed by atoms with Gasteiger partial charge < -0.3 is 4.74 Å². The van der Waals surface area contributed by atoms with Crippen molar-refractivity contribution in [1.82, 2.24) is 24.5 Å². The number of aromatic nitrogens is 5. The second-order valence-electron chi connectivity index (χ2n) is 9.32. The van der Waals surface area contributed by atoms with Gasteiger partial charge in [0.25, 0.3) is 0 Å². The molecule has 2 saturated heterocycles. The Labute approximate surface area is 186 Å². The number of Topliss-reactive ketones (excluding diaryl/α,β-unsaturated/α-hetero) is 1. The predicted octanol–water partition coefficient (Wildman–Crippen LogP) is 2.58. The van der Waals surface area contributed by atoms with Crippen molar-refractivity contribution in [2.75, 3.05) is 24.7 Å². The molecule has 170 valence electrons. The maximum absolute atomic E-state index is 13.1. The lowest BCUT2D eigenvalue weighted by atomic mass is 9.83. The van der Waals surface area contributed by atoms with Crippen LogP contribution in [0.5, 0.6) is 0 Å². The lowest BCUT2D eigenvalue weighted by Gasteiger charge is -2.23. The zero-order valence-electron chi connectivity index (χ0n) is 18.3. The Morgan fingerprint density at radius 2 is 2.09 bits per heavy atom. The average molecular weight is 458 g/mol. The molecule has 0 N–H and O–H groups in total. The number of hydrogen-bond donors (Lipinski definition) is 0. The molecule has 2 aliphatic rings. The fraction of sp³-hybridized carbons (Fsp3) is 0.545. The number of hydrogen-bond acceptors (Lipinski definition) is 7. The summed E-state index contributed by atoms with van der Waals surface area (Å²) in [6, 6.07) is 3.93. The molecule has 2 fully saturated rings. The molecule has 0 unspecified atom stereocenters. The van der Waals surface area contributed by atoms with Gasteiger partial charge in [0, 0.05) is 44.6 Å². The zero-order chi connectivity index (χ0) is 22.5. The van der Waals surface area contributed by atoms with Crippen molar-refractivity contribution >= 4 is 26.7 Å². The van der Waals surface area contributed by atoms with Crippen LogP contribution in [-0.2, 0) is 21.6 Å². The van der Waals surface area contributed by atoms with Crippen molar-refractivity contribution in [1.29, 1.82) is 0 Å². The Morgan fingerprint density at radius 3 is 2.75 bits per heavy atom. The largest absolute Gasteiger partial charge is 0.381 e. The molecule has 1 atom stereocenters. The van der Waals surface area contributed by atoms with Crippen LogP contribution in [0.2, 0.25) is 0 Å². The molecule has 0 radical (unpaired) electrons. The van der Waals surface area contributed by atoms with E-state index in [2.05, 4.69) is 10.1 Å². The van der Waals surface area contributed by atoms with Crippen molar-refractivity contribution < 1.29 is 17.9 Å². The van der Waals surface area contributed by atoms with Gasteiger partial charge in [-0.05, 0) is 36.8 Å². The Kier molecular flexibility index (Phi) is 5.16. The number of sulfone groups is 1. The highest BCUT2D eigenvalue weighted by Crippen LogP contribution is 2.37. The van der Waals surface area contributed by atoms with Gasteiger partial charge in [-0.25, -0.2) is 8.42 Å². The van der Waals surface area contributed by atoms with Gasteiger partial charge in [0.1, 0.15) is 11.2 Å². The van der Waals surface area contributed by atoms with Gasteiger partial charge in [-0.1, -0.05) is 6.92 Å². The molecule has 5 heterocycles. The van der Waals surface area contributed by atoms with Gasteiger partial charge in [0.05, 0.1) is 28.8 Å². The lowest BCUT2D eigenvalue weighted by molar-refractivity contribution is 0.0675. The van der Waals surface area contributed by atoms with E-state index in [0.717, 1.165) is 35.3 Å². The van der Waals surface area contributed by atoms with Gasteiger partial charge in [-0.3, -0.25) is 19.1 Å². The number of ketones is 1. The molecule has 2 aliphatic heterocycles. The summed E-state index contributed by atoms with van der Waals surface area (Å²) in [6.07, 6.45) is 5.71. The summed E-state index contributed by atoms with van der Waals surface area (Å²) >= 11 is 0. The van der Waals surface area contributed by atoms with Crippen LogP contribution < -0.4 is 0 Å². The maximum atomic E-state index is 13.1. The Morgan fingerprint density at radius 1 is 1.31 bits per heavy atom. The van der Waals surface area contributed by atoms with Gasteiger partial charge in [0.15, 0.2) is 15.6 Å². The van der Waals surface area contributed by atoms with E-state index in [4.69, 9.17) is 9.84 Å². The normalized spacial score (nSPS) is 23.7. The van der Waals surface area contributed by atoms with Crippen LogP contribution in [0.25, 0.3) is 22.4 Å². The molecule has 3 aromatic heterocycles. The molecule has 0 aromatic carbocycles. The van der Waals surface area contributed by atoms with E-state index in [1.165, 1.54) is 0 Å². The highest BCUT2D eigenvalue weighted by molar-refractivity contribution is 7.91. The van der Waals surface area contributed by atoms with E-state index in [-0.39, 0.29) is 29.8 Å². The predicted molar refractivity (Wildman–Crippen MR) is 119 cm³/mol. The highest BCUT2D eigenvalue weighted by Gasteiger charge is 2.40. The number of nitrogens with zero attached hydrogens (tertiary/aromatic N) is 5. The van der Waals surface area contributed by atoms with Crippen molar-refractivity contribution in [3.8, 4) is 11.4 Å². The maximum Gasteiger partial charge on any atom is 0.165 e. The summed E-state index contributed by atoms with van der Waals surface area (Å²) in [5.41, 5.74) is 3.10. The third-order valence-electron chi connectivity index (χ3n) is 6.64. The van der Waals surface area contributed by atoms with Crippen molar-refractivity contribution in [2.45, 2.75) is 38.6 Å². The minimum absolute atomic E-state index is 0.0616. The van der Waals surface area contributed by atoms with E-state index in [1.54, 1.807) is 17.1 Å². The van der Waals surface area contributed by atoms with Crippen LogP contribution in [0.15, 0.2) is 24.5 Å². The average Bonchev–Trinajstić information content (AvgIpc) is 3.42. The number of pyridine rings is 1. The van der Waals surface area contributed by atoms with E-state index < -0.39 is 15.3 Å². The summed E-state index contributed by atoms with van der Waals surface area (Å²) in [6.45, 7) is 3.23.